The van der Waals surface area contributed by atoms with Gasteiger partial charge in [-0.05, 0) is 23.3 Å². The van der Waals surface area contributed by atoms with Crippen molar-refractivity contribution in [2.75, 3.05) is 7.11 Å². The number of carboxylic acid groups (broad SMARTS) is 1. The lowest BCUT2D eigenvalue weighted by Crippen LogP contribution is -2.34. The summed E-state index contributed by atoms with van der Waals surface area (Å²) >= 11 is 0. The van der Waals surface area contributed by atoms with Crippen LogP contribution in [-0.4, -0.2) is 35.0 Å². The predicted molar refractivity (Wildman–Crippen MR) is 96.9 cm³/mol. The number of hydroxylamine groups is 1. The van der Waals surface area contributed by atoms with E-state index in [-0.39, 0.29) is 12.3 Å². The second-order valence-electron chi connectivity index (χ2n) is 6.07. The zero-order valence-electron chi connectivity index (χ0n) is 14.4. The van der Waals surface area contributed by atoms with Gasteiger partial charge in [0.15, 0.2) is 0 Å². The zero-order valence-corrected chi connectivity index (χ0v) is 14.4. The molecule has 0 spiro atoms. The smallest absolute Gasteiger partial charge is 0.305 e. The highest BCUT2D eigenvalue weighted by molar-refractivity contribution is 5.96. The van der Waals surface area contributed by atoms with E-state index in [1.165, 1.54) is 12.0 Å². The van der Waals surface area contributed by atoms with Gasteiger partial charge in [0.1, 0.15) is 0 Å². The van der Waals surface area contributed by atoms with E-state index >= 15 is 0 Å². The van der Waals surface area contributed by atoms with Crippen LogP contribution >= 0.6 is 0 Å². The van der Waals surface area contributed by atoms with Gasteiger partial charge >= 0.3 is 5.97 Å². The molecule has 0 bridgehead atoms. The van der Waals surface area contributed by atoms with Gasteiger partial charge in [0.05, 0.1) is 25.3 Å². The molecule has 2 aromatic carbocycles. The summed E-state index contributed by atoms with van der Waals surface area (Å²) < 4.78 is 0. The summed E-state index contributed by atoms with van der Waals surface area (Å²) in [6.07, 6.45) is 1.90. The Balaban J connectivity index is 1.81. The van der Waals surface area contributed by atoms with Gasteiger partial charge in [-0.3, -0.25) is 19.9 Å². The fraction of sp³-hybridized carbons (Fsp3) is 0.200. The van der Waals surface area contributed by atoms with Crippen LogP contribution in [-0.2, 0) is 9.63 Å². The number of aliphatic carboxylic acids is 1. The fourth-order valence-electron chi connectivity index (χ4n) is 3.06. The zero-order chi connectivity index (χ0) is 18.5. The Labute approximate surface area is 151 Å². The van der Waals surface area contributed by atoms with Crippen molar-refractivity contribution in [1.29, 1.82) is 0 Å². The first-order chi connectivity index (χ1) is 12.6. The molecule has 1 amide bonds. The lowest BCUT2D eigenvalue weighted by atomic mass is 10.0. The van der Waals surface area contributed by atoms with Crippen molar-refractivity contribution >= 4 is 11.9 Å². The number of benzene rings is 2. The van der Waals surface area contributed by atoms with E-state index < -0.39 is 12.0 Å². The SMILES string of the molecule is CONC1=CN(C(=O)c2ccc(-c3ccccc3)cc2)[C@H](CC(=O)O)C1. The molecule has 3 rings (SSSR count). The van der Waals surface area contributed by atoms with E-state index in [4.69, 9.17) is 9.94 Å². The maximum absolute atomic E-state index is 12.9. The predicted octanol–water partition coefficient (Wildman–Crippen LogP) is 3.04. The van der Waals surface area contributed by atoms with Gasteiger partial charge < -0.3 is 10.0 Å². The summed E-state index contributed by atoms with van der Waals surface area (Å²) in [5.74, 6) is -1.18. The quantitative estimate of drug-likeness (QED) is 0.781. The van der Waals surface area contributed by atoms with E-state index in [9.17, 15) is 9.59 Å². The Morgan fingerprint density at radius 2 is 1.77 bits per heavy atom. The number of carbonyl (C=O) groups excluding carboxylic acids is 1. The van der Waals surface area contributed by atoms with Gasteiger partial charge in [0.25, 0.3) is 5.91 Å². The molecule has 0 saturated heterocycles. The number of amides is 1. The van der Waals surface area contributed by atoms with E-state index in [1.54, 1.807) is 18.3 Å². The lowest BCUT2D eigenvalue weighted by molar-refractivity contribution is -0.137. The van der Waals surface area contributed by atoms with Crippen LogP contribution in [0, 0.1) is 0 Å². The number of carboxylic acids is 1. The molecule has 0 unspecified atom stereocenters. The number of hydrogen-bond acceptors (Lipinski definition) is 4. The molecule has 6 nitrogen and oxygen atoms in total. The van der Waals surface area contributed by atoms with Gasteiger partial charge in [0, 0.05) is 18.2 Å². The molecule has 1 aliphatic rings. The van der Waals surface area contributed by atoms with Crippen LogP contribution in [0.1, 0.15) is 23.2 Å². The van der Waals surface area contributed by atoms with Crippen molar-refractivity contribution in [2.24, 2.45) is 0 Å². The largest absolute Gasteiger partial charge is 0.481 e. The average Bonchev–Trinajstić information content (AvgIpc) is 3.04. The highest BCUT2D eigenvalue weighted by Crippen LogP contribution is 2.26. The number of nitrogens with zero attached hydrogens (tertiary/aromatic N) is 1. The second-order valence-corrected chi connectivity index (χ2v) is 6.07. The Kier molecular flexibility index (Phi) is 5.34. The second kappa shape index (κ2) is 7.84. The highest BCUT2D eigenvalue weighted by atomic mass is 16.6. The molecule has 0 saturated carbocycles. The van der Waals surface area contributed by atoms with Crippen molar-refractivity contribution in [3.63, 3.8) is 0 Å². The van der Waals surface area contributed by atoms with Crippen LogP contribution in [0.15, 0.2) is 66.5 Å². The van der Waals surface area contributed by atoms with Crippen molar-refractivity contribution in [2.45, 2.75) is 18.9 Å². The number of rotatable bonds is 6. The minimum absolute atomic E-state index is 0.126. The lowest BCUT2D eigenvalue weighted by Gasteiger charge is -2.22. The van der Waals surface area contributed by atoms with Crippen molar-refractivity contribution in [3.05, 3.63) is 72.1 Å². The molecule has 0 aliphatic carbocycles. The maximum atomic E-state index is 12.9. The van der Waals surface area contributed by atoms with Gasteiger partial charge in [-0.25, -0.2) is 0 Å². The van der Waals surface area contributed by atoms with Crippen molar-refractivity contribution < 1.29 is 19.5 Å². The van der Waals surface area contributed by atoms with Crippen LogP contribution < -0.4 is 5.48 Å². The van der Waals surface area contributed by atoms with Gasteiger partial charge in [-0.1, -0.05) is 42.5 Å². The molecule has 0 fully saturated rings. The van der Waals surface area contributed by atoms with E-state index in [0.717, 1.165) is 11.1 Å². The molecule has 1 heterocycles. The van der Waals surface area contributed by atoms with E-state index in [0.29, 0.717) is 17.7 Å². The molecule has 2 aromatic rings. The summed E-state index contributed by atoms with van der Waals surface area (Å²) in [5.41, 5.74) is 5.96. The molecule has 134 valence electrons. The summed E-state index contributed by atoms with van der Waals surface area (Å²) in [6, 6.07) is 16.8. The molecule has 0 radical (unpaired) electrons. The molecule has 1 aliphatic heterocycles. The number of hydrogen-bond donors (Lipinski definition) is 2. The highest BCUT2D eigenvalue weighted by Gasteiger charge is 2.31. The monoisotopic (exact) mass is 352 g/mol. The summed E-state index contributed by atoms with van der Waals surface area (Å²) in [5, 5.41) is 9.11. The maximum Gasteiger partial charge on any atom is 0.305 e. The van der Waals surface area contributed by atoms with Crippen molar-refractivity contribution in [3.8, 4) is 11.1 Å². The molecule has 0 aromatic heterocycles. The fourth-order valence-corrected chi connectivity index (χ4v) is 3.06. The van der Waals surface area contributed by atoms with E-state index in [1.807, 2.05) is 42.5 Å². The summed E-state index contributed by atoms with van der Waals surface area (Å²) in [4.78, 5) is 30.3. The third-order valence-electron chi connectivity index (χ3n) is 4.26. The Hall–Kier alpha value is -3.12. The first kappa shape index (κ1) is 17.7. The van der Waals surface area contributed by atoms with Crippen molar-refractivity contribution in [1.82, 2.24) is 10.4 Å². The topological polar surface area (TPSA) is 78.9 Å². The van der Waals surface area contributed by atoms with Crippen LogP contribution in [0.4, 0.5) is 0 Å². The Bertz CT molecular complexity index is 815. The van der Waals surface area contributed by atoms with Crippen LogP contribution in [0.2, 0.25) is 0 Å². The van der Waals surface area contributed by atoms with Gasteiger partial charge in [-0.2, -0.15) is 0 Å². The van der Waals surface area contributed by atoms with Gasteiger partial charge in [0.2, 0.25) is 0 Å². The molecule has 1 atom stereocenters. The molecule has 26 heavy (non-hydrogen) atoms. The van der Waals surface area contributed by atoms with Crippen LogP contribution in [0.5, 0.6) is 0 Å². The molecule has 6 heteroatoms. The Morgan fingerprint density at radius 1 is 1.12 bits per heavy atom. The Morgan fingerprint density at radius 3 is 2.38 bits per heavy atom. The third-order valence-corrected chi connectivity index (χ3v) is 4.26. The number of nitrogens with one attached hydrogen (secondary N) is 1. The first-order valence-corrected chi connectivity index (χ1v) is 8.28. The van der Waals surface area contributed by atoms with E-state index in [2.05, 4.69) is 5.48 Å². The molecular weight excluding hydrogens is 332 g/mol. The summed E-state index contributed by atoms with van der Waals surface area (Å²) in [7, 11) is 1.47. The van der Waals surface area contributed by atoms with Crippen LogP contribution in [0.3, 0.4) is 0 Å². The molecular formula is C20H20N2O4. The molecule has 2 N–H and O–H groups in total. The number of carbonyl (C=O) groups is 2. The normalized spacial score (nSPS) is 16.3. The van der Waals surface area contributed by atoms with Crippen LogP contribution in [0.25, 0.3) is 11.1 Å². The third kappa shape index (κ3) is 3.92. The average molecular weight is 352 g/mol. The minimum atomic E-state index is -0.945. The minimum Gasteiger partial charge on any atom is -0.481 e. The first-order valence-electron chi connectivity index (χ1n) is 8.28. The summed E-state index contributed by atoms with van der Waals surface area (Å²) in [6.45, 7) is 0. The standard InChI is InChI=1S/C20H20N2O4/c1-26-21-17-11-18(12-19(23)24)22(13-17)20(25)16-9-7-15(8-10-16)14-5-3-2-4-6-14/h2-10,13,18,21H,11-12H2,1H3,(H,23,24)/t18-/m0/s1. The van der Waals surface area contributed by atoms with Gasteiger partial charge in [-0.15, -0.1) is 0 Å².